The third kappa shape index (κ3) is 4.39. The largest absolute Gasteiger partial charge is 0.456 e. The Balaban J connectivity index is 1.81. The number of benzene rings is 2. The average molecular weight is 516 g/mol. The van der Waals surface area contributed by atoms with Gasteiger partial charge in [-0.15, -0.1) is 10.2 Å². The molecule has 0 aliphatic heterocycles. The van der Waals surface area contributed by atoms with Crippen molar-refractivity contribution in [1.29, 1.82) is 0 Å². The van der Waals surface area contributed by atoms with E-state index in [4.69, 9.17) is 4.74 Å². The Morgan fingerprint density at radius 2 is 1.82 bits per heavy atom. The summed E-state index contributed by atoms with van der Waals surface area (Å²) in [6.07, 6.45) is 1.89. The first-order valence-corrected chi connectivity index (χ1v) is 12.4. The fourth-order valence-electron chi connectivity index (χ4n) is 4.71. The lowest BCUT2D eigenvalue weighted by Crippen LogP contribution is -2.22. The maximum atomic E-state index is 14.0. The predicted molar refractivity (Wildman–Crippen MR) is 144 cm³/mol. The molecule has 5 aromatic rings. The Kier molecular flexibility index (Phi) is 6.19. The normalized spacial score (nSPS) is 11.9. The summed E-state index contributed by atoms with van der Waals surface area (Å²) in [5.74, 6) is 1.18. The van der Waals surface area contributed by atoms with Crippen LogP contribution in [0.5, 0.6) is 11.5 Å². The number of hydrogen-bond acceptors (Lipinski definition) is 5. The van der Waals surface area contributed by atoms with Crippen molar-refractivity contribution in [3.05, 3.63) is 76.6 Å². The molecule has 3 heterocycles. The number of rotatable bonds is 6. The number of nitrogens with one attached hydrogen (secondary N) is 2. The molecule has 0 spiro atoms. The number of aromatic nitrogens is 4. The van der Waals surface area contributed by atoms with Crippen molar-refractivity contribution < 1.29 is 19.0 Å². The number of halogens is 1. The number of pyridine rings is 1. The summed E-state index contributed by atoms with van der Waals surface area (Å²) in [6, 6.07) is 10.1. The van der Waals surface area contributed by atoms with Gasteiger partial charge in [-0.1, -0.05) is 6.07 Å². The van der Waals surface area contributed by atoms with Crippen LogP contribution in [-0.2, 0) is 5.60 Å². The zero-order chi connectivity index (χ0) is 27.4. The Bertz CT molecular complexity index is 1690. The second-order valence-corrected chi connectivity index (χ2v) is 10.1. The van der Waals surface area contributed by atoms with Crippen LogP contribution in [0.4, 0.5) is 4.39 Å². The van der Waals surface area contributed by atoms with Gasteiger partial charge in [0.25, 0.3) is 5.91 Å². The second-order valence-electron chi connectivity index (χ2n) is 10.1. The quantitative estimate of drug-likeness (QED) is 0.269. The Hall–Kier alpha value is -4.24. The summed E-state index contributed by atoms with van der Waals surface area (Å²) >= 11 is 0. The van der Waals surface area contributed by atoms with Gasteiger partial charge in [-0.3, -0.25) is 9.20 Å². The number of carbonyl (C=O) groups is 1. The van der Waals surface area contributed by atoms with Crippen molar-refractivity contribution in [2.75, 3.05) is 6.54 Å². The molecule has 3 N–H and O–H groups in total. The molecule has 0 saturated heterocycles. The third-order valence-corrected chi connectivity index (χ3v) is 6.65. The van der Waals surface area contributed by atoms with E-state index in [9.17, 15) is 14.3 Å². The van der Waals surface area contributed by atoms with E-state index in [1.807, 2.05) is 36.6 Å². The van der Waals surface area contributed by atoms with Gasteiger partial charge in [-0.25, -0.2) is 4.39 Å². The van der Waals surface area contributed by atoms with Crippen LogP contribution >= 0.6 is 0 Å². The molecule has 1 amide bonds. The Morgan fingerprint density at radius 3 is 2.47 bits per heavy atom. The van der Waals surface area contributed by atoms with E-state index in [0.29, 0.717) is 63.0 Å². The molecule has 0 fully saturated rings. The second kappa shape index (κ2) is 9.25. The highest BCUT2D eigenvalue weighted by molar-refractivity contribution is 6.07. The highest BCUT2D eigenvalue weighted by atomic mass is 19.1. The molecule has 0 aliphatic carbocycles. The number of hydrogen-bond donors (Lipinski definition) is 3. The van der Waals surface area contributed by atoms with Gasteiger partial charge in [0.1, 0.15) is 28.8 Å². The molecule has 0 saturated carbocycles. The summed E-state index contributed by atoms with van der Waals surface area (Å²) in [5, 5.41) is 22.9. The van der Waals surface area contributed by atoms with Crippen LogP contribution in [0.25, 0.3) is 27.7 Å². The summed E-state index contributed by atoms with van der Waals surface area (Å²) in [4.78, 5) is 16.0. The topological polar surface area (TPSA) is 105 Å². The first-order valence-electron chi connectivity index (χ1n) is 12.4. The third-order valence-electron chi connectivity index (χ3n) is 6.65. The van der Waals surface area contributed by atoms with Crippen LogP contribution < -0.4 is 10.1 Å². The van der Waals surface area contributed by atoms with Crippen LogP contribution in [0, 0.1) is 26.6 Å². The summed E-state index contributed by atoms with van der Waals surface area (Å²) < 4.78 is 22.3. The standard InChI is InChI=1S/C29H30FN5O3/c1-7-31-28(36)23-13-21-25(32-23)22(14-35-17(4)33-34-27(21)35)20-12-18(29(5,6)37)8-9-24(20)38-26-15(2)10-19(30)11-16(26)3/h8-14,32,37H,7H2,1-6H3,(H,31,36). The number of carbonyl (C=O) groups excluding carboxylic acids is 1. The summed E-state index contributed by atoms with van der Waals surface area (Å²) in [7, 11) is 0. The van der Waals surface area contributed by atoms with Crippen molar-refractivity contribution in [3.8, 4) is 22.6 Å². The molecule has 0 unspecified atom stereocenters. The molecule has 8 nitrogen and oxygen atoms in total. The van der Waals surface area contributed by atoms with Gasteiger partial charge in [0, 0.05) is 29.3 Å². The van der Waals surface area contributed by atoms with Gasteiger partial charge < -0.3 is 20.1 Å². The van der Waals surface area contributed by atoms with E-state index in [1.54, 1.807) is 39.8 Å². The molecular weight excluding hydrogens is 485 g/mol. The molecule has 0 aliphatic rings. The van der Waals surface area contributed by atoms with Gasteiger partial charge in [-0.05, 0) is 88.6 Å². The monoisotopic (exact) mass is 515 g/mol. The highest BCUT2D eigenvalue weighted by Crippen LogP contribution is 2.41. The molecule has 0 radical (unpaired) electrons. The minimum Gasteiger partial charge on any atom is -0.456 e. The lowest BCUT2D eigenvalue weighted by Gasteiger charge is -2.22. The van der Waals surface area contributed by atoms with Crippen molar-refractivity contribution in [2.45, 2.75) is 47.1 Å². The van der Waals surface area contributed by atoms with E-state index >= 15 is 0 Å². The van der Waals surface area contributed by atoms with Gasteiger partial charge in [0.05, 0.1) is 11.1 Å². The SMILES string of the molecule is CCNC(=O)c1cc2c([nH]1)c(-c1cc(C(C)(C)O)ccc1Oc1c(C)cc(F)cc1C)cn1c(C)nnc21. The first-order chi connectivity index (χ1) is 18.0. The van der Waals surface area contributed by atoms with Gasteiger partial charge in [-0.2, -0.15) is 0 Å². The Morgan fingerprint density at radius 1 is 1.11 bits per heavy atom. The number of fused-ring (bicyclic) bond motifs is 3. The summed E-state index contributed by atoms with van der Waals surface area (Å²) in [5.41, 5.74) is 3.96. The van der Waals surface area contributed by atoms with E-state index in [1.165, 1.54) is 12.1 Å². The molecule has 3 aromatic heterocycles. The Labute approximate surface area is 219 Å². The number of nitrogens with zero attached hydrogens (tertiary/aromatic N) is 3. The van der Waals surface area contributed by atoms with Crippen molar-refractivity contribution in [1.82, 2.24) is 24.9 Å². The number of aromatic amines is 1. The van der Waals surface area contributed by atoms with E-state index in [-0.39, 0.29) is 11.7 Å². The maximum Gasteiger partial charge on any atom is 0.267 e. The summed E-state index contributed by atoms with van der Waals surface area (Å²) in [6.45, 7) is 11.2. The van der Waals surface area contributed by atoms with Gasteiger partial charge in [0.15, 0.2) is 5.65 Å². The molecule has 9 heteroatoms. The van der Waals surface area contributed by atoms with E-state index in [0.717, 1.165) is 10.9 Å². The van der Waals surface area contributed by atoms with Crippen molar-refractivity contribution >= 4 is 22.5 Å². The van der Waals surface area contributed by atoms with Crippen LogP contribution in [0.1, 0.15) is 53.8 Å². The molecule has 5 rings (SSSR count). The number of aryl methyl sites for hydroxylation is 3. The van der Waals surface area contributed by atoms with Crippen LogP contribution in [-0.4, -0.2) is 37.1 Å². The number of ether oxygens (including phenoxy) is 1. The fraction of sp³-hybridized carbons (Fsp3) is 0.276. The molecule has 38 heavy (non-hydrogen) atoms. The molecule has 196 valence electrons. The molecule has 2 aromatic carbocycles. The zero-order valence-corrected chi connectivity index (χ0v) is 22.2. The lowest BCUT2D eigenvalue weighted by atomic mass is 9.93. The minimum absolute atomic E-state index is 0.233. The molecule has 0 bridgehead atoms. The van der Waals surface area contributed by atoms with E-state index < -0.39 is 5.60 Å². The fourth-order valence-corrected chi connectivity index (χ4v) is 4.71. The lowest BCUT2D eigenvalue weighted by molar-refractivity contribution is 0.0786. The van der Waals surface area contributed by atoms with Crippen LogP contribution in [0.2, 0.25) is 0 Å². The van der Waals surface area contributed by atoms with Crippen molar-refractivity contribution in [3.63, 3.8) is 0 Å². The smallest absolute Gasteiger partial charge is 0.267 e. The van der Waals surface area contributed by atoms with Crippen LogP contribution in [0.3, 0.4) is 0 Å². The number of amides is 1. The average Bonchev–Trinajstić information content (AvgIpc) is 3.44. The zero-order valence-electron chi connectivity index (χ0n) is 22.2. The molecular formula is C29H30FN5O3. The number of aliphatic hydroxyl groups is 1. The highest BCUT2D eigenvalue weighted by Gasteiger charge is 2.24. The number of H-pyrrole nitrogens is 1. The van der Waals surface area contributed by atoms with E-state index in [2.05, 4.69) is 20.5 Å². The maximum absolute atomic E-state index is 14.0. The van der Waals surface area contributed by atoms with Gasteiger partial charge in [0.2, 0.25) is 0 Å². The predicted octanol–water partition coefficient (Wildman–Crippen LogP) is 5.71. The van der Waals surface area contributed by atoms with Crippen molar-refractivity contribution in [2.24, 2.45) is 0 Å². The van der Waals surface area contributed by atoms with Crippen LogP contribution in [0.15, 0.2) is 42.6 Å². The first kappa shape index (κ1) is 25.4. The minimum atomic E-state index is -1.12. The van der Waals surface area contributed by atoms with Gasteiger partial charge >= 0.3 is 0 Å². The molecule has 0 atom stereocenters.